The van der Waals surface area contributed by atoms with Crippen LogP contribution in [0.4, 0.5) is 4.39 Å². The first kappa shape index (κ1) is 20.9. The highest BCUT2D eigenvalue weighted by Crippen LogP contribution is 2.34. The number of hydrogen-bond acceptors (Lipinski definition) is 3. The summed E-state index contributed by atoms with van der Waals surface area (Å²) in [7, 11) is 0. The number of ether oxygens (including phenoxy) is 1. The normalized spacial score (nSPS) is 17.4. The molecule has 4 rings (SSSR count). The van der Waals surface area contributed by atoms with Crippen LogP contribution in [0.5, 0.6) is 5.75 Å². The zero-order chi connectivity index (χ0) is 20.9. The standard InChI is InChI=1S/C25H26ClFN2O/c1-2-30-24-12-8-20(9-13-24)18-29-15-14-28(17-19-6-10-23(27)11-7-19)25(29)21-4-3-5-22(26)16-21/h3-13,16,25H,2,14-15,17-18H2,1H3/t25-/m1/s1. The molecule has 0 spiro atoms. The van der Waals surface area contributed by atoms with Crippen molar-refractivity contribution in [2.45, 2.75) is 26.2 Å². The molecule has 0 saturated carbocycles. The molecular weight excluding hydrogens is 399 g/mol. The van der Waals surface area contributed by atoms with Gasteiger partial charge in [-0.3, -0.25) is 9.80 Å². The first-order chi connectivity index (χ1) is 14.6. The van der Waals surface area contributed by atoms with Gasteiger partial charge in [0.05, 0.1) is 12.8 Å². The molecule has 3 nitrogen and oxygen atoms in total. The van der Waals surface area contributed by atoms with Gasteiger partial charge in [0.2, 0.25) is 0 Å². The van der Waals surface area contributed by atoms with Crippen molar-refractivity contribution in [3.63, 3.8) is 0 Å². The Bertz CT molecular complexity index is 962. The van der Waals surface area contributed by atoms with Crippen LogP contribution in [0.3, 0.4) is 0 Å². The molecule has 0 unspecified atom stereocenters. The van der Waals surface area contributed by atoms with Crippen molar-refractivity contribution in [3.8, 4) is 5.75 Å². The van der Waals surface area contributed by atoms with Crippen LogP contribution in [0, 0.1) is 5.82 Å². The van der Waals surface area contributed by atoms with E-state index >= 15 is 0 Å². The molecule has 5 heteroatoms. The molecule has 0 bridgehead atoms. The molecule has 1 saturated heterocycles. The van der Waals surface area contributed by atoms with E-state index in [9.17, 15) is 4.39 Å². The number of hydrogen-bond donors (Lipinski definition) is 0. The highest BCUT2D eigenvalue weighted by Gasteiger charge is 2.33. The summed E-state index contributed by atoms with van der Waals surface area (Å²) in [5.74, 6) is 0.690. The van der Waals surface area contributed by atoms with Gasteiger partial charge in [-0.05, 0) is 60.0 Å². The van der Waals surface area contributed by atoms with Crippen LogP contribution in [0.1, 0.15) is 29.8 Å². The van der Waals surface area contributed by atoms with Crippen LogP contribution >= 0.6 is 11.6 Å². The van der Waals surface area contributed by atoms with E-state index in [1.807, 2.05) is 49.4 Å². The van der Waals surface area contributed by atoms with Crippen LogP contribution in [0.15, 0.2) is 72.8 Å². The fraction of sp³-hybridized carbons (Fsp3) is 0.280. The third kappa shape index (κ3) is 5.01. The second-order valence-electron chi connectivity index (χ2n) is 7.57. The molecule has 1 aliphatic heterocycles. The van der Waals surface area contributed by atoms with Gasteiger partial charge in [0, 0.05) is 31.2 Å². The Morgan fingerprint density at radius 1 is 0.900 bits per heavy atom. The molecule has 0 aliphatic carbocycles. The largest absolute Gasteiger partial charge is 0.494 e. The van der Waals surface area contributed by atoms with E-state index in [1.165, 1.54) is 23.3 Å². The van der Waals surface area contributed by atoms with Gasteiger partial charge >= 0.3 is 0 Å². The summed E-state index contributed by atoms with van der Waals surface area (Å²) in [6.45, 7) is 6.14. The minimum atomic E-state index is -0.205. The Kier molecular flexibility index (Phi) is 6.68. The first-order valence-corrected chi connectivity index (χ1v) is 10.7. The highest BCUT2D eigenvalue weighted by molar-refractivity contribution is 6.30. The van der Waals surface area contributed by atoms with Crippen molar-refractivity contribution in [3.05, 3.63) is 100 Å². The van der Waals surface area contributed by atoms with E-state index in [0.29, 0.717) is 6.61 Å². The molecule has 1 aliphatic rings. The van der Waals surface area contributed by atoms with Crippen molar-refractivity contribution in [2.75, 3.05) is 19.7 Å². The van der Waals surface area contributed by atoms with Gasteiger partial charge in [0.1, 0.15) is 11.6 Å². The SMILES string of the molecule is CCOc1ccc(CN2CCN(Cc3ccc(F)cc3)[C@H]2c2cccc(Cl)c2)cc1. The zero-order valence-electron chi connectivity index (χ0n) is 17.1. The lowest BCUT2D eigenvalue weighted by Gasteiger charge is -2.31. The van der Waals surface area contributed by atoms with Gasteiger partial charge in [-0.25, -0.2) is 4.39 Å². The Morgan fingerprint density at radius 3 is 2.07 bits per heavy atom. The number of benzene rings is 3. The molecule has 1 atom stereocenters. The van der Waals surface area contributed by atoms with Crippen LogP contribution in [0.25, 0.3) is 0 Å². The second kappa shape index (κ2) is 9.61. The molecule has 0 N–H and O–H groups in total. The minimum Gasteiger partial charge on any atom is -0.494 e. The molecule has 0 amide bonds. The lowest BCUT2D eigenvalue weighted by atomic mass is 10.1. The van der Waals surface area contributed by atoms with Crippen LogP contribution in [-0.2, 0) is 13.1 Å². The Balaban J connectivity index is 1.56. The van der Waals surface area contributed by atoms with Crippen molar-refractivity contribution in [2.24, 2.45) is 0 Å². The van der Waals surface area contributed by atoms with Gasteiger partial charge in [0.15, 0.2) is 0 Å². The molecule has 3 aromatic carbocycles. The number of nitrogens with zero attached hydrogens (tertiary/aromatic N) is 2. The summed E-state index contributed by atoms with van der Waals surface area (Å²) in [5.41, 5.74) is 3.52. The van der Waals surface area contributed by atoms with Crippen molar-refractivity contribution in [1.29, 1.82) is 0 Å². The maximum atomic E-state index is 13.3. The number of halogens is 2. The van der Waals surface area contributed by atoms with E-state index in [0.717, 1.165) is 42.5 Å². The van der Waals surface area contributed by atoms with Crippen LogP contribution in [-0.4, -0.2) is 29.5 Å². The molecule has 3 aromatic rings. The molecule has 30 heavy (non-hydrogen) atoms. The third-order valence-corrected chi connectivity index (χ3v) is 5.67. The van der Waals surface area contributed by atoms with Gasteiger partial charge in [-0.2, -0.15) is 0 Å². The Labute approximate surface area is 182 Å². The molecule has 0 aromatic heterocycles. The average molecular weight is 425 g/mol. The average Bonchev–Trinajstić information content (AvgIpc) is 3.13. The predicted molar refractivity (Wildman–Crippen MR) is 119 cm³/mol. The minimum absolute atomic E-state index is 0.111. The first-order valence-electron chi connectivity index (χ1n) is 10.3. The molecule has 0 radical (unpaired) electrons. The fourth-order valence-electron chi connectivity index (χ4n) is 4.07. The summed E-state index contributed by atoms with van der Waals surface area (Å²) in [4.78, 5) is 4.89. The van der Waals surface area contributed by atoms with Crippen LogP contribution < -0.4 is 4.74 Å². The van der Waals surface area contributed by atoms with E-state index in [2.05, 4.69) is 28.0 Å². The maximum Gasteiger partial charge on any atom is 0.123 e. The number of rotatable bonds is 7. The quantitative estimate of drug-likeness (QED) is 0.470. The monoisotopic (exact) mass is 424 g/mol. The van der Waals surface area contributed by atoms with E-state index in [1.54, 1.807) is 0 Å². The van der Waals surface area contributed by atoms with E-state index in [4.69, 9.17) is 16.3 Å². The van der Waals surface area contributed by atoms with Gasteiger partial charge in [0.25, 0.3) is 0 Å². The van der Waals surface area contributed by atoms with Gasteiger partial charge in [-0.15, -0.1) is 0 Å². The topological polar surface area (TPSA) is 15.7 Å². The highest BCUT2D eigenvalue weighted by atomic mass is 35.5. The van der Waals surface area contributed by atoms with E-state index in [-0.39, 0.29) is 12.0 Å². The van der Waals surface area contributed by atoms with Crippen molar-refractivity contribution in [1.82, 2.24) is 9.80 Å². The summed E-state index contributed by atoms with van der Waals surface area (Å²) >= 11 is 6.31. The Morgan fingerprint density at radius 2 is 1.50 bits per heavy atom. The van der Waals surface area contributed by atoms with Gasteiger partial charge < -0.3 is 4.74 Å². The maximum absolute atomic E-state index is 13.3. The molecular formula is C25H26ClFN2O. The van der Waals surface area contributed by atoms with Gasteiger partial charge in [-0.1, -0.05) is 48.0 Å². The predicted octanol–water partition coefficient (Wildman–Crippen LogP) is 5.89. The summed E-state index contributed by atoms with van der Waals surface area (Å²) in [5, 5.41) is 0.738. The summed E-state index contributed by atoms with van der Waals surface area (Å²) < 4.78 is 18.9. The smallest absolute Gasteiger partial charge is 0.123 e. The Hall–Kier alpha value is -2.40. The van der Waals surface area contributed by atoms with E-state index < -0.39 is 0 Å². The molecule has 1 heterocycles. The van der Waals surface area contributed by atoms with Crippen LogP contribution in [0.2, 0.25) is 5.02 Å². The molecule has 1 fully saturated rings. The second-order valence-corrected chi connectivity index (χ2v) is 8.01. The third-order valence-electron chi connectivity index (χ3n) is 5.43. The lowest BCUT2D eigenvalue weighted by molar-refractivity contribution is 0.126. The summed E-state index contributed by atoms with van der Waals surface area (Å²) in [6, 6.07) is 23.2. The van der Waals surface area contributed by atoms with Crippen molar-refractivity contribution < 1.29 is 9.13 Å². The molecule has 156 valence electrons. The fourth-order valence-corrected chi connectivity index (χ4v) is 4.27. The summed E-state index contributed by atoms with van der Waals surface area (Å²) in [6.07, 6.45) is 0.111. The zero-order valence-corrected chi connectivity index (χ0v) is 17.9. The van der Waals surface area contributed by atoms with Crippen molar-refractivity contribution >= 4 is 11.6 Å². The lowest BCUT2D eigenvalue weighted by Crippen LogP contribution is -2.30.